The van der Waals surface area contributed by atoms with Crippen molar-refractivity contribution in [3.63, 3.8) is 0 Å². The summed E-state index contributed by atoms with van der Waals surface area (Å²) in [4.78, 5) is 11.8. The summed E-state index contributed by atoms with van der Waals surface area (Å²) in [7, 11) is 1.98. The lowest BCUT2D eigenvalue weighted by Gasteiger charge is -2.39. The molecule has 0 amide bonds. The molecule has 3 aliphatic rings. The van der Waals surface area contributed by atoms with Gasteiger partial charge in [0.2, 0.25) is 0 Å². The van der Waals surface area contributed by atoms with E-state index < -0.39 is 0 Å². The monoisotopic (exact) mass is 629 g/mol. The predicted octanol–water partition coefficient (Wildman–Crippen LogP) is 8.74. The molecule has 0 bridgehead atoms. The fourth-order valence-corrected chi connectivity index (χ4v) is 8.47. The molecule has 2 heterocycles. The van der Waals surface area contributed by atoms with Crippen LogP contribution in [0.2, 0.25) is 5.02 Å². The number of nitrogens with one attached hydrogen (secondary N) is 2. The highest BCUT2D eigenvalue weighted by Crippen LogP contribution is 2.46. The largest absolute Gasteiger partial charge is 0.318 e. The average molecular weight is 630 g/mol. The average Bonchev–Trinajstić information content (AvgIpc) is 3.70. The molecular weight excluding hydrogens is 581 g/mol. The maximum atomic E-state index is 16.8. The van der Waals surface area contributed by atoms with Crippen molar-refractivity contribution < 1.29 is 4.39 Å². The summed E-state index contributed by atoms with van der Waals surface area (Å²) in [6.07, 6.45) is 13.9. The van der Waals surface area contributed by atoms with E-state index in [0.29, 0.717) is 46.4 Å². The van der Waals surface area contributed by atoms with Crippen molar-refractivity contribution in [1.82, 2.24) is 15.5 Å². The summed E-state index contributed by atoms with van der Waals surface area (Å²) in [5, 5.41) is 9.41. The second kappa shape index (κ2) is 14.8. The van der Waals surface area contributed by atoms with Gasteiger partial charge in [-0.25, -0.2) is 14.4 Å². The predicted molar refractivity (Wildman–Crippen MR) is 189 cm³/mol. The number of piperidine rings is 1. The van der Waals surface area contributed by atoms with Gasteiger partial charge in [-0.3, -0.25) is 0 Å². The SMILES string of the molecule is C=N/C(CCCCN1CCC2(CCCC2)CC1)=N\c1c(CC2CCC(CNC)N2)cc(Cl)c(-c2cccc3ccccc23)c1F. The Morgan fingerprint density at radius 2 is 1.80 bits per heavy atom. The van der Waals surface area contributed by atoms with Gasteiger partial charge in [-0.1, -0.05) is 66.9 Å². The van der Waals surface area contributed by atoms with Crippen molar-refractivity contribution in [3.8, 4) is 11.1 Å². The Balaban J connectivity index is 1.22. The van der Waals surface area contributed by atoms with E-state index in [4.69, 9.17) is 16.6 Å². The number of rotatable bonds is 11. The quantitative estimate of drug-likeness (QED) is 0.127. The third-order valence-electron chi connectivity index (χ3n) is 10.7. The highest BCUT2D eigenvalue weighted by atomic mass is 35.5. The van der Waals surface area contributed by atoms with Crippen LogP contribution in [0.4, 0.5) is 10.1 Å². The van der Waals surface area contributed by atoms with Crippen LogP contribution in [0, 0.1) is 11.2 Å². The zero-order chi connectivity index (χ0) is 31.2. The Bertz CT molecular complexity index is 1500. The first-order valence-corrected chi connectivity index (χ1v) is 17.5. The minimum atomic E-state index is -0.381. The molecule has 3 aromatic carbocycles. The Morgan fingerprint density at radius 1 is 1.04 bits per heavy atom. The van der Waals surface area contributed by atoms with Crippen molar-refractivity contribution in [2.24, 2.45) is 15.4 Å². The topological polar surface area (TPSA) is 52.0 Å². The maximum Gasteiger partial charge on any atom is 0.158 e. The molecule has 240 valence electrons. The number of nitrogens with zero attached hydrogens (tertiary/aromatic N) is 3. The lowest BCUT2D eigenvalue weighted by Crippen LogP contribution is -2.39. The zero-order valence-corrected chi connectivity index (χ0v) is 27.6. The van der Waals surface area contributed by atoms with Crippen molar-refractivity contribution in [1.29, 1.82) is 0 Å². The molecule has 5 nitrogen and oxygen atoms in total. The molecule has 2 atom stereocenters. The first-order valence-electron chi connectivity index (χ1n) is 17.1. The molecule has 1 spiro atoms. The Labute approximate surface area is 273 Å². The molecule has 1 saturated carbocycles. The van der Waals surface area contributed by atoms with Gasteiger partial charge in [0, 0.05) is 30.6 Å². The summed E-state index contributed by atoms with van der Waals surface area (Å²) >= 11 is 6.93. The number of hydrogen-bond donors (Lipinski definition) is 2. The Hall–Kier alpha value is -2.64. The lowest BCUT2D eigenvalue weighted by atomic mass is 9.77. The van der Waals surface area contributed by atoms with Crippen molar-refractivity contribution in [2.75, 3.05) is 33.2 Å². The van der Waals surface area contributed by atoms with E-state index in [2.05, 4.69) is 27.2 Å². The molecule has 2 saturated heterocycles. The minimum Gasteiger partial charge on any atom is -0.318 e. The molecule has 2 N–H and O–H groups in total. The van der Waals surface area contributed by atoms with Crippen molar-refractivity contribution >= 4 is 40.6 Å². The minimum absolute atomic E-state index is 0.240. The van der Waals surface area contributed by atoms with E-state index in [1.807, 2.05) is 55.6 Å². The lowest BCUT2D eigenvalue weighted by molar-refractivity contribution is 0.107. The van der Waals surface area contributed by atoms with Crippen LogP contribution in [-0.2, 0) is 6.42 Å². The number of fused-ring (bicyclic) bond motifs is 1. The third-order valence-corrected chi connectivity index (χ3v) is 11.0. The molecule has 3 aromatic rings. The number of benzene rings is 3. The van der Waals surface area contributed by atoms with Crippen LogP contribution >= 0.6 is 11.6 Å². The molecule has 0 aromatic heterocycles. The van der Waals surface area contributed by atoms with Crippen LogP contribution in [-0.4, -0.2) is 62.8 Å². The third kappa shape index (κ3) is 7.51. The van der Waals surface area contributed by atoms with Crippen LogP contribution in [0.1, 0.15) is 76.2 Å². The van der Waals surface area contributed by atoms with Crippen molar-refractivity contribution in [3.05, 3.63) is 64.9 Å². The number of hydrogen-bond acceptors (Lipinski definition) is 4. The van der Waals surface area contributed by atoms with Gasteiger partial charge >= 0.3 is 0 Å². The Morgan fingerprint density at radius 3 is 2.58 bits per heavy atom. The fraction of sp³-hybridized carbons (Fsp3) is 0.526. The standard InChI is InChI=1S/C38H49ClFN5/c1-41-26-30-16-15-29(43-30)24-28-25-33(39)35(32-13-9-11-27-10-3-4-12-31(27)32)36(40)37(28)44-34(42-2)14-5-8-21-45-22-19-38(20-23-45)17-6-7-18-38/h3-4,9-13,25,29-30,41,43H,2,5-8,14-24,26H2,1H3/b44-34-. The molecule has 45 heavy (non-hydrogen) atoms. The van der Waals surface area contributed by atoms with E-state index >= 15 is 4.39 Å². The van der Waals surface area contributed by atoms with Gasteiger partial charge in [0.1, 0.15) is 11.5 Å². The summed E-state index contributed by atoms with van der Waals surface area (Å²) in [6.45, 7) is 8.31. The van der Waals surface area contributed by atoms with E-state index in [9.17, 15) is 0 Å². The number of likely N-dealkylation sites (tertiary alicyclic amines) is 1. The summed E-state index contributed by atoms with van der Waals surface area (Å²) in [5.41, 5.74) is 2.99. The smallest absolute Gasteiger partial charge is 0.158 e. The number of unbranched alkanes of at least 4 members (excludes halogenated alkanes) is 1. The van der Waals surface area contributed by atoms with Gasteiger partial charge in [-0.05, 0) is 125 Å². The first-order chi connectivity index (χ1) is 22.0. The van der Waals surface area contributed by atoms with Crippen LogP contribution in [0.3, 0.4) is 0 Å². The van der Waals surface area contributed by atoms with Crippen LogP contribution in [0.5, 0.6) is 0 Å². The van der Waals surface area contributed by atoms with E-state index in [0.717, 1.165) is 60.7 Å². The molecule has 0 radical (unpaired) electrons. The first kappa shape index (κ1) is 32.3. The molecular formula is C38H49ClFN5. The normalized spacial score (nSPS) is 22.1. The summed E-state index contributed by atoms with van der Waals surface area (Å²) in [5.74, 6) is 0.214. The van der Waals surface area contributed by atoms with Gasteiger partial charge in [0.05, 0.1) is 5.02 Å². The number of aliphatic imine (C=N–C) groups is 2. The van der Waals surface area contributed by atoms with E-state index in [1.165, 1.54) is 51.6 Å². The van der Waals surface area contributed by atoms with Gasteiger partial charge in [-0.15, -0.1) is 0 Å². The molecule has 3 fully saturated rings. The zero-order valence-electron chi connectivity index (χ0n) is 26.9. The molecule has 1 aliphatic carbocycles. The van der Waals surface area contributed by atoms with Crippen molar-refractivity contribution in [2.45, 2.75) is 89.1 Å². The second-order valence-corrected chi connectivity index (χ2v) is 14.1. The summed E-state index contributed by atoms with van der Waals surface area (Å²) < 4.78 is 16.8. The Kier molecular flexibility index (Phi) is 10.7. The van der Waals surface area contributed by atoms with E-state index in [-0.39, 0.29) is 11.9 Å². The maximum absolute atomic E-state index is 16.8. The highest BCUT2D eigenvalue weighted by Gasteiger charge is 2.36. The molecule has 2 aliphatic heterocycles. The van der Waals surface area contributed by atoms with Crippen LogP contribution in [0.25, 0.3) is 21.9 Å². The molecule has 2 unspecified atom stereocenters. The van der Waals surface area contributed by atoms with Crippen LogP contribution < -0.4 is 10.6 Å². The molecule has 6 rings (SSSR count). The van der Waals surface area contributed by atoms with Gasteiger partial charge < -0.3 is 15.5 Å². The van der Waals surface area contributed by atoms with Gasteiger partial charge in [0.15, 0.2) is 5.82 Å². The van der Waals surface area contributed by atoms with Gasteiger partial charge in [-0.2, -0.15) is 0 Å². The number of amidine groups is 1. The highest BCUT2D eigenvalue weighted by molar-refractivity contribution is 6.34. The van der Waals surface area contributed by atoms with Crippen LogP contribution in [0.15, 0.2) is 58.5 Å². The second-order valence-electron chi connectivity index (χ2n) is 13.7. The molecule has 7 heteroatoms. The summed E-state index contributed by atoms with van der Waals surface area (Å²) in [6, 6.07) is 16.6. The number of likely N-dealkylation sites (N-methyl/N-ethyl adjacent to an activating group) is 1. The number of halogens is 2. The fourth-order valence-electron chi connectivity index (χ4n) is 8.15. The van der Waals surface area contributed by atoms with E-state index in [1.54, 1.807) is 0 Å². The van der Waals surface area contributed by atoms with Gasteiger partial charge in [0.25, 0.3) is 0 Å².